The normalized spacial score (nSPS) is 10.9. The minimum Gasteiger partial charge on any atom is -0.486 e. The van der Waals surface area contributed by atoms with Crippen molar-refractivity contribution in [3.63, 3.8) is 0 Å². The summed E-state index contributed by atoms with van der Waals surface area (Å²) in [5.74, 6) is -0.150. The number of nitrogens with one attached hydrogen (secondary N) is 1. The number of non-ortho nitro benzene ring substituents is 1. The smallest absolute Gasteiger partial charge is 0.271 e. The number of aromatic nitrogens is 4. The van der Waals surface area contributed by atoms with Gasteiger partial charge in [-0.3, -0.25) is 19.9 Å². The molecule has 0 fully saturated rings. The van der Waals surface area contributed by atoms with Gasteiger partial charge in [-0.05, 0) is 30.3 Å². The van der Waals surface area contributed by atoms with Gasteiger partial charge in [0.05, 0.1) is 28.0 Å². The van der Waals surface area contributed by atoms with E-state index >= 15 is 0 Å². The molecule has 11 nitrogen and oxygen atoms in total. The molecule has 2 heterocycles. The maximum atomic E-state index is 12.1. The van der Waals surface area contributed by atoms with Crippen LogP contribution < -0.4 is 10.2 Å². The number of hydrazone groups is 1. The third-order valence-corrected chi connectivity index (χ3v) is 4.85. The first-order valence-corrected chi connectivity index (χ1v) is 10.2. The molecule has 4 rings (SSSR count). The van der Waals surface area contributed by atoms with Crippen molar-refractivity contribution in [1.29, 1.82) is 0 Å². The van der Waals surface area contributed by atoms with Crippen LogP contribution >= 0.6 is 11.6 Å². The Morgan fingerprint density at radius 1 is 1.21 bits per heavy atom. The number of hydrogen-bond donors (Lipinski definition) is 1. The molecule has 0 aliphatic rings. The summed E-state index contributed by atoms with van der Waals surface area (Å²) in [4.78, 5) is 26.6. The minimum atomic E-state index is -0.536. The van der Waals surface area contributed by atoms with E-state index in [-0.39, 0.29) is 12.3 Å². The first-order chi connectivity index (χ1) is 16.5. The summed E-state index contributed by atoms with van der Waals surface area (Å²) in [6.07, 6.45) is 5.89. The zero-order chi connectivity index (χ0) is 23.9. The number of halogens is 1. The lowest BCUT2D eigenvalue weighted by Gasteiger charge is -2.07. The van der Waals surface area contributed by atoms with Crippen molar-refractivity contribution in [2.24, 2.45) is 5.10 Å². The Morgan fingerprint density at radius 3 is 2.76 bits per heavy atom. The van der Waals surface area contributed by atoms with Crippen LogP contribution in [0.5, 0.6) is 5.75 Å². The molecule has 0 bridgehead atoms. The Balaban J connectivity index is 1.49. The van der Waals surface area contributed by atoms with Crippen LogP contribution in [0.25, 0.3) is 5.69 Å². The van der Waals surface area contributed by atoms with Gasteiger partial charge < -0.3 is 4.74 Å². The standard InChI is InChI=1S/C22H16ClN7O4/c23-19-3-1-2-4-20(19)29-13-17(26-28-29)14-34-21-6-5-18(30(32)33)11-16(21)12-25-27-22(31)15-7-9-24-10-8-15/h1-13H,14H2,(H,27,31)/b25-12+. The summed E-state index contributed by atoms with van der Waals surface area (Å²) < 4.78 is 7.32. The van der Waals surface area contributed by atoms with Gasteiger partial charge in [-0.15, -0.1) is 5.10 Å². The second-order valence-corrected chi connectivity index (χ2v) is 7.22. The molecule has 4 aromatic rings. The van der Waals surface area contributed by atoms with Gasteiger partial charge in [0.2, 0.25) is 0 Å². The molecule has 2 aromatic heterocycles. The van der Waals surface area contributed by atoms with Crippen molar-refractivity contribution < 1.29 is 14.5 Å². The highest BCUT2D eigenvalue weighted by atomic mass is 35.5. The Kier molecular flexibility index (Phi) is 6.84. The number of rotatable bonds is 8. The van der Waals surface area contributed by atoms with Crippen molar-refractivity contribution in [2.75, 3.05) is 0 Å². The first-order valence-electron chi connectivity index (χ1n) is 9.82. The fourth-order valence-corrected chi connectivity index (χ4v) is 3.10. The highest BCUT2D eigenvalue weighted by Gasteiger charge is 2.13. The van der Waals surface area contributed by atoms with Crippen molar-refractivity contribution in [3.8, 4) is 11.4 Å². The quantitative estimate of drug-likeness (QED) is 0.232. The number of ether oxygens (including phenoxy) is 1. The van der Waals surface area contributed by atoms with Crippen LogP contribution in [0, 0.1) is 10.1 Å². The van der Waals surface area contributed by atoms with E-state index in [9.17, 15) is 14.9 Å². The van der Waals surface area contributed by atoms with E-state index < -0.39 is 10.8 Å². The van der Waals surface area contributed by atoms with E-state index in [0.717, 1.165) is 0 Å². The van der Waals surface area contributed by atoms with Gasteiger partial charge in [-0.25, -0.2) is 10.1 Å². The van der Waals surface area contributed by atoms with Crippen molar-refractivity contribution in [1.82, 2.24) is 25.4 Å². The number of benzene rings is 2. The third kappa shape index (κ3) is 5.40. The van der Waals surface area contributed by atoms with Gasteiger partial charge in [0.1, 0.15) is 18.1 Å². The molecular formula is C22H16ClN7O4. The predicted octanol–water partition coefficient (Wildman–Crippen LogP) is 3.57. The Labute approximate surface area is 197 Å². The van der Waals surface area contributed by atoms with Gasteiger partial charge in [0, 0.05) is 35.7 Å². The summed E-state index contributed by atoms with van der Waals surface area (Å²) in [7, 11) is 0. The van der Waals surface area contributed by atoms with Crippen LogP contribution in [-0.4, -0.2) is 37.0 Å². The average molecular weight is 478 g/mol. The average Bonchev–Trinajstić information content (AvgIpc) is 3.32. The number of hydrogen-bond acceptors (Lipinski definition) is 8. The van der Waals surface area contributed by atoms with Crippen LogP contribution in [-0.2, 0) is 6.61 Å². The van der Waals surface area contributed by atoms with E-state index in [0.29, 0.717) is 33.3 Å². The fraction of sp³-hybridized carbons (Fsp3) is 0.0455. The Bertz CT molecular complexity index is 1360. The number of carbonyl (C=O) groups is 1. The molecule has 0 atom stereocenters. The second kappa shape index (κ2) is 10.3. The molecule has 0 radical (unpaired) electrons. The molecule has 0 aliphatic carbocycles. The van der Waals surface area contributed by atoms with E-state index in [1.165, 1.54) is 53.6 Å². The van der Waals surface area contributed by atoms with Crippen LogP contribution in [0.4, 0.5) is 5.69 Å². The fourth-order valence-electron chi connectivity index (χ4n) is 2.88. The third-order valence-electron chi connectivity index (χ3n) is 4.53. The molecule has 2 aromatic carbocycles. The lowest BCUT2D eigenvalue weighted by Crippen LogP contribution is -2.17. The monoisotopic (exact) mass is 477 g/mol. The molecule has 170 valence electrons. The number of para-hydroxylation sites is 1. The van der Waals surface area contributed by atoms with E-state index in [1.54, 1.807) is 18.3 Å². The molecule has 1 amide bonds. The number of nitro groups is 1. The molecule has 34 heavy (non-hydrogen) atoms. The molecule has 1 N–H and O–H groups in total. The summed E-state index contributed by atoms with van der Waals surface area (Å²) in [5.41, 5.74) is 4.04. The van der Waals surface area contributed by atoms with Crippen LogP contribution in [0.2, 0.25) is 5.02 Å². The van der Waals surface area contributed by atoms with Crippen molar-refractivity contribution in [2.45, 2.75) is 6.61 Å². The number of nitrogens with zero attached hydrogens (tertiary/aromatic N) is 6. The van der Waals surface area contributed by atoms with Gasteiger partial charge in [-0.2, -0.15) is 5.10 Å². The molecule has 0 aliphatic heterocycles. The summed E-state index contributed by atoms with van der Waals surface area (Å²) in [5, 5.41) is 23.7. The predicted molar refractivity (Wildman–Crippen MR) is 123 cm³/mol. The largest absolute Gasteiger partial charge is 0.486 e. The summed E-state index contributed by atoms with van der Waals surface area (Å²) in [6, 6.07) is 14.3. The van der Waals surface area contributed by atoms with Crippen LogP contribution in [0.3, 0.4) is 0 Å². The SMILES string of the molecule is O=C(N/N=C/c1cc([N+](=O)[O-])ccc1OCc1cn(-c2ccccc2Cl)nn1)c1ccncc1. The lowest BCUT2D eigenvalue weighted by atomic mass is 10.2. The summed E-state index contributed by atoms with van der Waals surface area (Å²) >= 11 is 6.19. The van der Waals surface area contributed by atoms with E-state index in [1.807, 2.05) is 12.1 Å². The Hall–Kier alpha value is -4.64. The Morgan fingerprint density at radius 2 is 2.00 bits per heavy atom. The van der Waals surface area contributed by atoms with Crippen molar-refractivity contribution in [3.05, 3.63) is 105 Å². The first kappa shape index (κ1) is 22.6. The van der Waals surface area contributed by atoms with E-state index in [4.69, 9.17) is 16.3 Å². The van der Waals surface area contributed by atoms with Crippen molar-refractivity contribution >= 4 is 29.4 Å². The highest BCUT2D eigenvalue weighted by Crippen LogP contribution is 2.24. The summed E-state index contributed by atoms with van der Waals surface area (Å²) in [6.45, 7) is 0.0342. The van der Waals surface area contributed by atoms with Crippen LogP contribution in [0.15, 0.2) is 78.3 Å². The maximum Gasteiger partial charge on any atom is 0.271 e. The number of amides is 1. The van der Waals surface area contributed by atoms with Crippen LogP contribution in [0.1, 0.15) is 21.6 Å². The molecule has 12 heteroatoms. The maximum absolute atomic E-state index is 12.1. The minimum absolute atomic E-state index is 0.0342. The van der Waals surface area contributed by atoms with Gasteiger partial charge >= 0.3 is 0 Å². The lowest BCUT2D eigenvalue weighted by molar-refractivity contribution is -0.384. The molecule has 0 unspecified atom stereocenters. The zero-order valence-corrected chi connectivity index (χ0v) is 18.2. The van der Waals surface area contributed by atoms with Gasteiger partial charge in [0.15, 0.2) is 0 Å². The second-order valence-electron chi connectivity index (χ2n) is 6.81. The van der Waals surface area contributed by atoms with Gasteiger partial charge in [-0.1, -0.05) is 28.9 Å². The molecule has 0 saturated carbocycles. The number of nitro benzene ring substituents is 1. The van der Waals surface area contributed by atoms with E-state index in [2.05, 4.69) is 25.8 Å². The van der Waals surface area contributed by atoms with Gasteiger partial charge in [0.25, 0.3) is 11.6 Å². The topological polar surface area (TPSA) is 137 Å². The zero-order valence-electron chi connectivity index (χ0n) is 17.4. The molecular weight excluding hydrogens is 462 g/mol. The number of carbonyl (C=O) groups excluding carboxylic acids is 1. The highest BCUT2D eigenvalue weighted by molar-refractivity contribution is 6.32. The molecule has 0 saturated heterocycles. The number of pyridine rings is 1. The molecule has 0 spiro atoms.